The van der Waals surface area contributed by atoms with E-state index in [4.69, 9.17) is 9.47 Å². The Labute approximate surface area is 170 Å². The molecule has 0 aromatic heterocycles. The Bertz CT molecular complexity index is 786. The minimum absolute atomic E-state index is 0.119. The molecule has 7 nitrogen and oxygen atoms in total. The normalized spacial score (nSPS) is 45.4. The molecule has 7 heteroatoms. The van der Waals surface area contributed by atoms with Crippen LogP contribution in [-0.4, -0.2) is 41.5 Å². The van der Waals surface area contributed by atoms with E-state index in [1.807, 2.05) is 20.8 Å². The van der Waals surface area contributed by atoms with E-state index in [2.05, 4.69) is 0 Å². The molecule has 0 aromatic carbocycles. The first-order valence-electron chi connectivity index (χ1n) is 10.6. The number of hydrogen-bond donors (Lipinski definition) is 1. The molecule has 2 spiro atoms. The van der Waals surface area contributed by atoms with Crippen molar-refractivity contribution < 1.29 is 33.8 Å². The second-order valence-corrected chi connectivity index (χ2v) is 10.3. The Morgan fingerprint density at radius 1 is 1.17 bits per heavy atom. The molecule has 0 aromatic rings. The smallest absolute Gasteiger partial charge is 0.319 e. The lowest BCUT2D eigenvalue weighted by Gasteiger charge is -2.61. The predicted octanol–water partition coefficient (Wildman–Crippen LogP) is 2.60. The molecule has 1 aliphatic heterocycles. The van der Waals surface area contributed by atoms with Crippen LogP contribution in [0.5, 0.6) is 0 Å². The number of fused-ring (bicyclic) bond motifs is 2. The lowest BCUT2D eigenvalue weighted by atomic mass is 9.43. The zero-order valence-corrected chi connectivity index (χ0v) is 17.5. The topological polar surface area (TPSA) is 107 Å². The lowest BCUT2D eigenvalue weighted by molar-refractivity contribution is -0.245. The molecule has 1 saturated heterocycles. The number of carbonyl (C=O) groups is 4. The molecule has 7 atom stereocenters. The van der Waals surface area contributed by atoms with Crippen molar-refractivity contribution in [2.24, 2.45) is 39.9 Å². The van der Waals surface area contributed by atoms with Crippen molar-refractivity contribution in [3.8, 4) is 0 Å². The third-order valence-electron chi connectivity index (χ3n) is 8.56. The van der Waals surface area contributed by atoms with Gasteiger partial charge in [-0.15, -0.1) is 0 Å². The first kappa shape index (κ1) is 20.4. The molecular weight excluding hydrogens is 376 g/mol. The van der Waals surface area contributed by atoms with Crippen LogP contribution in [0.25, 0.3) is 0 Å². The summed E-state index contributed by atoms with van der Waals surface area (Å²) in [6, 6.07) is 0. The van der Waals surface area contributed by atoms with Crippen molar-refractivity contribution >= 4 is 23.7 Å². The second kappa shape index (κ2) is 6.29. The third-order valence-corrected chi connectivity index (χ3v) is 8.56. The van der Waals surface area contributed by atoms with Crippen molar-refractivity contribution in [3.63, 3.8) is 0 Å². The summed E-state index contributed by atoms with van der Waals surface area (Å²) in [4.78, 5) is 51.0. The molecule has 4 rings (SSSR count). The van der Waals surface area contributed by atoms with E-state index in [1.165, 1.54) is 6.92 Å². The van der Waals surface area contributed by atoms with Gasteiger partial charge in [0.1, 0.15) is 18.1 Å². The van der Waals surface area contributed by atoms with Crippen molar-refractivity contribution in [1.29, 1.82) is 0 Å². The Balaban J connectivity index is 1.93. The number of carbonyl (C=O) groups excluding carboxylic acids is 3. The number of cyclic esters (lactones) is 1. The summed E-state index contributed by atoms with van der Waals surface area (Å²) in [5.74, 6) is -3.60. The highest BCUT2D eigenvalue weighted by Gasteiger charge is 2.75. The molecule has 29 heavy (non-hydrogen) atoms. The van der Waals surface area contributed by atoms with Crippen LogP contribution < -0.4 is 0 Å². The molecule has 3 saturated carbocycles. The lowest BCUT2D eigenvalue weighted by Crippen LogP contribution is -2.69. The number of hydrogen-bond acceptors (Lipinski definition) is 6. The number of Topliss-reactive ketones (excluding diaryl/α,β-unsaturated/α-hetero) is 1. The summed E-state index contributed by atoms with van der Waals surface area (Å²) in [5.41, 5.74) is -2.99. The number of carboxylic acid groups (broad SMARTS) is 1. The van der Waals surface area contributed by atoms with Crippen molar-refractivity contribution in [2.75, 3.05) is 6.61 Å². The minimum Gasteiger partial charge on any atom is -0.481 e. The molecule has 4 fully saturated rings. The molecule has 0 amide bonds. The van der Waals surface area contributed by atoms with E-state index in [0.717, 1.165) is 6.42 Å². The second-order valence-electron chi connectivity index (χ2n) is 10.3. The Morgan fingerprint density at radius 3 is 2.48 bits per heavy atom. The maximum absolute atomic E-state index is 13.4. The number of carboxylic acids is 1. The van der Waals surface area contributed by atoms with Gasteiger partial charge in [-0.2, -0.15) is 0 Å². The molecule has 0 radical (unpaired) electrons. The largest absolute Gasteiger partial charge is 0.481 e. The average Bonchev–Trinajstić information content (AvgIpc) is 2.81. The fourth-order valence-electron chi connectivity index (χ4n) is 7.44. The summed E-state index contributed by atoms with van der Waals surface area (Å²) in [6.07, 6.45) is 2.14. The Hall–Kier alpha value is -1.92. The average molecular weight is 406 g/mol. The SMILES string of the molecule is CC(=O)O[C@H]1CCC(C)(C)[C@@H](C(=O)O)[C@@]12COC(=O)[C@@]13C[C@@H](CC[C@H]12)[C@H](C)C3=O. The van der Waals surface area contributed by atoms with Gasteiger partial charge in [-0.25, -0.2) is 0 Å². The van der Waals surface area contributed by atoms with Crippen LogP contribution in [-0.2, 0) is 28.7 Å². The molecule has 1 heterocycles. The molecule has 3 aliphatic carbocycles. The highest BCUT2D eigenvalue weighted by atomic mass is 16.6. The number of ketones is 1. The number of ether oxygens (including phenoxy) is 2. The molecule has 0 unspecified atom stereocenters. The van der Waals surface area contributed by atoms with Gasteiger partial charge >= 0.3 is 17.9 Å². The van der Waals surface area contributed by atoms with Crippen LogP contribution in [0.3, 0.4) is 0 Å². The van der Waals surface area contributed by atoms with Crippen molar-refractivity contribution in [1.82, 2.24) is 0 Å². The van der Waals surface area contributed by atoms with Gasteiger partial charge in [0, 0.05) is 12.8 Å². The number of esters is 2. The quantitative estimate of drug-likeness (QED) is 0.555. The highest BCUT2D eigenvalue weighted by Crippen LogP contribution is 2.68. The van der Waals surface area contributed by atoms with Crippen LogP contribution >= 0.6 is 0 Å². The van der Waals surface area contributed by atoms with E-state index in [-0.39, 0.29) is 24.2 Å². The molecule has 1 N–H and O–H groups in total. The van der Waals surface area contributed by atoms with Crippen LogP contribution in [0, 0.1) is 39.9 Å². The van der Waals surface area contributed by atoms with E-state index in [0.29, 0.717) is 25.7 Å². The van der Waals surface area contributed by atoms with Crippen LogP contribution in [0.1, 0.15) is 59.8 Å². The first-order valence-corrected chi connectivity index (χ1v) is 10.6. The van der Waals surface area contributed by atoms with Gasteiger partial charge in [0.15, 0.2) is 5.78 Å². The number of rotatable bonds is 2. The van der Waals surface area contributed by atoms with Gasteiger partial charge in [0.05, 0.1) is 11.3 Å². The minimum atomic E-state index is -1.31. The van der Waals surface area contributed by atoms with E-state index in [9.17, 15) is 24.3 Å². The van der Waals surface area contributed by atoms with Crippen LogP contribution in [0.15, 0.2) is 0 Å². The summed E-state index contributed by atoms with van der Waals surface area (Å²) < 4.78 is 11.4. The zero-order chi connectivity index (χ0) is 21.4. The highest BCUT2D eigenvalue weighted by molar-refractivity contribution is 6.07. The molecular formula is C22H30O7. The van der Waals surface area contributed by atoms with E-state index < -0.39 is 52.1 Å². The summed E-state index contributed by atoms with van der Waals surface area (Å²) in [6.45, 7) is 6.87. The first-order chi connectivity index (χ1) is 13.5. The maximum atomic E-state index is 13.4. The number of aliphatic carboxylic acids is 1. The summed E-state index contributed by atoms with van der Waals surface area (Å²) in [5, 5.41) is 10.3. The van der Waals surface area contributed by atoms with Gasteiger partial charge in [-0.3, -0.25) is 19.2 Å². The fourth-order valence-corrected chi connectivity index (χ4v) is 7.44. The van der Waals surface area contributed by atoms with Crippen LogP contribution in [0.4, 0.5) is 0 Å². The monoisotopic (exact) mass is 406 g/mol. The van der Waals surface area contributed by atoms with Gasteiger partial charge < -0.3 is 14.6 Å². The standard InChI is InChI=1S/C22H30O7/c1-11-13-5-6-14-21(9-13,17(11)24)19(27)28-10-22(14)15(29-12(2)23)7-8-20(3,4)16(22)18(25)26/h11,13-16H,5-10H2,1-4H3,(H,25,26)/t11-,13+,14+,15-,16+,21-,22+/m0/s1. The predicted molar refractivity (Wildman–Crippen MR) is 101 cm³/mol. The van der Waals surface area contributed by atoms with E-state index in [1.54, 1.807) is 0 Å². The Morgan fingerprint density at radius 2 is 1.86 bits per heavy atom. The zero-order valence-electron chi connectivity index (χ0n) is 17.5. The van der Waals surface area contributed by atoms with Crippen molar-refractivity contribution in [2.45, 2.75) is 65.9 Å². The van der Waals surface area contributed by atoms with E-state index >= 15 is 0 Å². The van der Waals surface area contributed by atoms with Crippen LogP contribution in [0.2, 0.25) is 0 Å². The van der Waals surface area contributed by atoms with Gasteiger partial charge in [-0.1, -0.05) is 20.8 Å². The molecule has 2 bridgehead atoms. The van der Waals surface area contributed by atoms with Gasteiger partial charge in [0.25, 0.3) is 0 Å². The Kier molecular flexibility index (Phi) is 4.41. The summed E-state index contributed by atoms with van der Waals surface area (Å²) >= 11 is 0. The molecule has 4 aliphatic rings. The third kappa shape index (κ3) is 2.48. The molecule has 160 valence electrons. The van der Waals surface area contributed by atoms with Crippen molar-refractivity contribution in [3.05, 3.63) is 0 Å². The maximum Gasteiger partial charge on any atom is 0.319 e. The fraction of sp³-hybridized carbons (Fsp3) is 0.818. The van der Waals surface area contributed by atoms with Gasteiger partial charge in [-0.05, 0) is 49.4 Å². The van der Waals surface area contributed by atoms with Gasteiger partial charge in [0.2, 0.25) is 0 Å². The summed E-state index contributed by atoms with van der Waals surface area (Å²) in [7, 11) is 0.